The molecule has 0 saturated carbocycles. The van der Waals surface area contributed by atoms with Crippen LogP contribution in [0.2, 0.25) is 0 Å². The smallest absolute Gasteiger partial charge is 0.254 e. The zero-order chi connectivity index (χ0) is 35.4. The van der Waals surface area contributed by atoms with Crippen LogP contribution in [0.4, 0.5) is 5.82 Å². The van der Waals surface area contributed by atoms with Gasteiger partial charge in [-0.05, 0) is 54.0 Å². The molecule has 12 heteroatoms. The van der Waals surface area contributed by atoms with Crippen LogP contribution in [0, 0.1) is 6.92 Å². The van der Waals surface area contributed by atoms with E-state index >= 15 is 0 Å². The van der Waals surface area contributed by atoms with Gasteiger partial charge in [0.2, 0.25) is 10.0 Å². The van der Waals surface area contributed by atoms with E-state index in [0.29, 0.717) is 41.3 Å². The monoisotopic (exact) mass is 680 g/mol. The Bertz CT molecular complexity index is 1550. The molecule has 0 bridgehead atoms. The molecule has 0 spiro atoms. The molecule has 2 fully saturated rings. The molecule has 2 aliphatic rings. The van der Waals surface area contributed by atoms with Gasteiger partial charge in [0.05, 0.1) is 10.5 Å². The maximum Gasteiger partial charge on any atom is 0.254 e. The van der Waals surface area contributed by atoms with Crippen molar-refractivity contribution in [3.8, 4) is 0 Å². The number of pyridine rings is 1. The summed E-state index contributed by atoms with van der Waals surface area (Å²) in [5, 5.41) is 6.51. The fraction of sp³-hybridized carbons (Fsp3) is 0.556. The number of carbonyl (C=O) groups is 1. The molecule has 5 rings (SSSR count). The summed E-state index contributed by atoms with van der Waals surface area (Å²) in [4.78, 5) is 29.0. The molecular weight excluding hydrogens is 625 g/mol. The van der Waals surface area contributed by atoms with E-state index in [9.17, 15) is 13.2 Å². The molecule has 4 heterocycles. The number of anilines is 1. The normalized spacial score (nSPS) is 15.5. The average molecular weight is 681 g/mol. The number of aryl methyl sites for hydroxylation is 1. The van der Waals surface area contributed by atoms with Gasteiger partial charge in [-0.3, -0.25) is 9.78 Å². The van der Waals surface area contributed by atoms with E-state index in [1.54, 1.807) is 47.8 Å². The number of hydrogen-bond donors (Lipinski definition) is 2. The first kappa shape index (κ1) is 39.0. The molecule has 0 atom stereocenters. The molecule has 11 nitrogen and oxygen atoms in total. The lowest BCUT2D eigenvalue weighted by Crippen LogP contribution is -2.46. The fourth-order valence-corrected chi connectivity index (χ4v) is 6.57. The van der Waals surface area contributed by atoms with Gasteiger partial charge < -0.3 is 20.4 Å². The Balaban J connectivity index is 0.000000197. The van der Waals surface area contributed by atoms with Crippen LogP contribution in [-0.2, 0) is 10.0 Å². The zero-order valence-corrected chi connectivity index (χ0v) is 31.1. The first-order chi connectivity index (χ1) is 22.7. The van der Waals surface area contributed by atoms with Crippen LogP contribution in [0.15, 0.2) is 53.7 Å². The molecule has 0 aliphatic carbocycles. The standard InChI is InChI=1S/C13H20N2O2S.C12H20N4.C11H16N2O/c1-11(2)12-3-5-13(6-4-12)18(16,17)15-9-7-14-8-10-15;1-9(2)11-8-12(15-10(3)14-11)16-6-4-13-5-7-16;1-8(2)9-5-10(7-12-6-9)11(14)13(3)4/h3-6,11,14H,7-10H2,1-2H3;8-9,13H,4-7H2,1-3H3;5-8H,1-4H3. The number of carbonyl (C=O) groups excluding carboxylic acids is 1. The van der Waals surface area contributed by atoms with Crippen LogP contribution in [0.25, 0.3) is 0 Å². The molecule has 0 radical (unpaired) electrons. The minimum absolute atomic E-state index is 0.000000000000000444. The Kier molecular flexibility index (Phi) is 14.9. The minimum Gasteiger partial charge on any atom is -0.354 e. The van der Waals surface area contributed by atoms with Crippen LogP contribution in [-0.4, -0.2) is 105 Å². The van der Waals surface area contributed by atoms with E-state index in [0.717, 1.165) is 67.7 Å². The van der Waals surface area contributed by atoms with Crippen LogP contribution >= 0.6 is 0 Å². The summed E-state index contributed by atoms with van der Waals surface area (Å²) in [5.74, 6) is 3.24. The summed E-state index contributed by atoms with van der Waals surface area (Å²) in [6.45, 7) is 21.4. The Morgan fingerprint density at radius 2 is 1.33 bits per heavy atom. The van der Waals surface area contributed by atoms with Gasteiger partial charge in [-0.15, -0.1) is 0 Å². The summed E-state index contributed by atoms with van der Waals surface area (Å²) in [6.07, 6.45) is 3.41. The second-order valence-electron chi connectivity index (χ2n) is 13.3. The third-order valence-electron chi connectivity index (χ3n) is 8.22. The van der Waals surface area contributed by atoms with Gasteiger partial charge >= 0.3 is 0 Å². The largest absolute Gasteiger partial charge is 0.354 e. The molecule has 2 aromatic heterocycles. The fourth-order valence-electron chi connectivity index (χ4n) is 5.13. The predicted molar refractivity (Wildman–Crippen MR) is 194 cm³/mol. The Labute approximate surface area is 288 Å². The molecule has 2 aliphatic heterocycles. The molecule has 1 amide bonds. The van der Waals surface area contributed by atoms with E-state index in [2.05, 4.69) is 78.1 Å². The molecule has 2 saturated heterocycles. The van der Waals surface area contributed by atoms with Crippen molar-refractivity contribution in [2.45, 2.75) is 71.1 Å². The van der Waals surface area contributed by atoms with Crippen molar-refractivity contribution in [2.75, 3.05) is 71.4 Å². The Morgan fingerprint density at radius 3 is 1.85 bits per heavy atom. The molecule has 264 valence electrons. The van der Waals surface area contributed by atoms with Gasteiger partial charge in [0.15, 0.2) is 0 Å². The number of rotatable bonds is 7. The molecule has 2 N–H and O–H groups in total. The minimum atomic E-state index is -3.31. The predicted octanol–water partition coefficient (Wildman–Crippen LogP) is 4.63. The summed E-state index contributed by atoms with van der Waals surface area (Å²) in [7, 11) is 0.170. The summed E-state index contributed by atoms with van der Waals surface area (Å²) >= 11 is 0. The van der Waals surface area contributed by atoms with Crippen molar-refractivity contribution < 1.29 is 13.2 Å². The number of nitrogens with zero attached hydrogens (tertiary/aromatic N) is 6. The van der Waals surface area contributed by atoms with Gasteiger partial charge in [-0.2, -0.15) is 4.31 Å². The third kappa shape index (κ3) is 11.3. The highest BCUT2D eigenvalue weighted by Gasteiger charge is 2.25. The Morgan fingerprint density at radius 1 is 0.771 bits per heavy atom. The van der Waals surface area contributed by atoms with Crippen molar-refractivity contribution in [2.24, 2.45) is 0 Å². The summed E-state index contributed by atoms with van der Waals surface area (Å²) < 4.78 is 26.3. The molecule has 3 aromatic rings. The third-order valence-corrected chi connectivity index (χ3v) is 10.1. The summed E-state index contributed by atoms with van der Waals surface area (Å²) in [5.41, 5.74) is 4.05. The van der Waals surface area contributed by atoms with Crippen molar-refractivity contribution in [3.05, 3.63) is 77.0 Å². The number of amides is 1. The lowest BCUT2D eigenvalue weighted by atomic mass is 10.0. The number of nitrogens with one attached hydrogen (secondary N) is 2. The number of piperazine rings is 2. The van der Waals surface area contributed by atoms with E-state index in [1.165, 1.54) is 0 Å². The molecule has 0 unspecified atom stereocenters. The van der Waals surface area contributed by atoms with E-state index in [4.69, 9.17) is 0 Å². The van der Waals surface area contributed by atoms with Crippen molar-refractivity contribution >= 4 is 21.7 Å². The second-order valence-corrected chi connectivity index (χ2v) is 15.3. The molecule has 1 aromatic carbocycles. The number of aromatic nitrogens is 3. The Hall–Kier alpha value is -3.45. The summed E-state index contributed by atoms with van der Waals surface area (Å²) in [6, 6.07) is 11.3. The lowest BCUT2D eigenvalue weighted by molar-refractivity contribution is 0.0827. The van der Waals surface area contributed by atoms with Gasteiger partial charge in [0, 0.05) is 90.6 Å². The van der Waals surface area contributed by atoms with Crippen LogP contribution in [0.1, 0.15) is 92.3 Å². The van der Waals surface area contributed by atoms with Gasteiger partial charge in [-0.1, -0.05) is 53.7 Å². The molecule has 48 heavy (non-hydrogen) atoms. The number of benzene rings is 1. The highest BCUT2D eigenvalue weighted by molar-refractivity contribution is 7.89. The van der Waals surface area contributed by atoms with Crippen LogP contribution in [0.5, 0.6) is 0 Å². The van der Waals surface area contributed by atoms with Crippen molar-refractivity contribution in [1.29, 1.82) is 0 Å². The zero-order valence-electron chi connectivity index (χ0n) is 30.3. The SMILES string of the molecule is CC(C)c1ccc(S(=O)(=O)N2CCNCC2)cc1.CC(C)c1cncc(C(=O)N(C)C)c1.Cc1nc(C(C)C)cc(N2CCNCC2)n1. The van der Waals surface area contributed by atoms with Crippen LogP contribution < -0.4 is 15.5 Å². The van der Waals surface area contributed by atoms with E-state index in [-0.39, 0.29) is 5.91 Å². The first-order valence-electron chi connectivity index (χ1n) is 17.0. The van der Waals surface area contributed by atoms with Crippen molar-refractivity contribution in [3.63, 3.8) is 0 Å². The second kappa shape index (κ2) is 18.4. The van der Waals surface area contributed by atoms with Gasteiger partial charge in [0.1, 0.15) is 11.6 Å². The topological polar surface area (TPSA) is 124 Å². The van der Waals surface area contributed by atoms with Crippen LogP contribution in [0.3, 0.4) is 0 Å². The maximum atomic E-state index is 12.4. The highest BCUT2D eigenvalue weighted by atomic mass is 32.2. The quantitative estimate of drug-likeness (QED) is 0.368. The number of hydrogen-bond acceptors (Lipinski definition) is 9. The first-order valence-corrected chi connectivity index (χ1v) is 18.4. The average Bonchev–Trinajstić information content (AvgIpc) is 3.09. The van der Waals surface area contributed by atoms with Crippen molar-refractivity contribution in [1.82, 2.24) is 34.8 Å². The van der Waals surface area contributed by atoms with E-state index in [1.807, 2.05) is 25.1 Å². The maximum absolute atomic E-state index is 12.4. The van der Waals surface area contributed by atoms with E-state index < -0.39 is 10.0 Å². The lowest BCUT2D eigenvalue weighted by Gasteiger charge is -2.29. The number of sulfonamides is 1. The molecular formula is C36H56N8O3S. The highest BCUT2D eigenvalue weighted by Crippen LogP contribution is 2.21. The van der Waals surface area contributed by atoms with Gasteiger partial charge in [-0.25, -0.2) is 18.4 Å². The van der Waals surface area contributed by atoms with Gasteiger partial charge in [0.25, 0.3) is 5.91 Å².